The highest BCUT2D eigenvalue weighted by Gasteiger charge is 2.10. The molecule has 25 heavy (non-hydrogen) atoms. The standard InChI is InChI=1S/C18H16FN3OS2/c19-15-9-5-4-8-14(15)12-24-18-22-21-17(25-18)20-16(23)11-10-13-6-2-1-3-7-13/h1-9H,10-12H2,(H,20,21,23). The van der Waals surface area contributed by atoms with Crippen LogP contribution in [0.2, 0.25) is 0 Å². The third-order valence-corrected chi connectivity index (χ3v) is 5.47. The van der Waals surface area contributed by atoms with Crippen LogP contribution in [0.1, 0.15) is 17.5 Å². The molecule has 0 unspecified atom stereocenters. The average Bonchev–Trinajstić information content (AvgIpc) is 3.07. The van der Waals surface area contributed by atoms with Crippen molar-refractivity contribution in [1.82, 2.24) is 10.2 Å². The highest BCUT2D eigenvalue weighted by atomic mass is 32.2. The van der Waals surface area contributed by atoms with Crippen molar-refractivity contribution in [2.45, 2.75) is 22.9 Å². The van der Waals surface area contributed by atoms with E-state index in [-0.39, 0.29) is 11.7 Å². The fourth-order valence-electron chi connectivity index (χ4n) is 2.16. The van der Waals surface area contributed by atoms with Crippen LogP contribution in [0.3, 0.4) is 0 Å². The molecule has 2 aromatic carbocycles. The number of aromatic nitrogens is 2. The molecule has 0 saturated carbocycles. The molecule has 3 aromatic rings. The summed E-state index contributed by atoms with van der Waals surface area (Å²) in [5.74, 6) is 0.156. The van der Waals surface area contributed by atoms with Crippen molar-refractivity contribution in [2.75, 3.05) is 5.32 Å². The molecule has 1 aromatic heterocycles. The van der Waals surface area contributed by atoms with Gasteiger partial charge in [-0.2, -0.15) is 0 Å². The maximum Gasteiger partial charge on any atom is 0.226 e. The van der Waals surface area contributed by atoms with E-state index in [0.717, 1.165) is 5.56 Å². The van der Waals surface area contributed by atoms with E-state index in [9.17, 15) is 9.18 Å². The molecule has 0 saturated heterocycles. The van der Waals surface area contributed by atoms with Crippen molar-refractivity contribution in [2.24, 2.45) is 0 Å². The summed E-state index contributed by atoms with van der Waals surface area (Å²) in [6.07, 6.45) is 1.07. The number of amides is 1. The Bertz CT molecular complexity index is 839. The summed E-state index contributed by atoms with van der Waals surface area (Å²) >= 11 is 2.69. The molecule has 0 radical (unpaired) electrons. The molecule has 4 nitrogen and oxygen atoms in total. The smallest absolute Gasteiger partial charge is 0.226 e. The lowest BCUT2D eigenvalue weighted by atomic mass is 10.1. The van der Waals surface area contributed by atoms with Gasteiger partial charge in [0.2, 0.25) is 11.0 Å². The summed E-state index contributed by atoms with van der Waals surface area (Å²) in [7, 11) is 0. The zero-order valence-corrected chi connectivity index (χ0v) is 14.9. The molecule has 0 aliphatic heterocycles. The fourth-order valence-corrected chi connectivity index (χ4v) is 3.91. The maximum atomic E-state index is 13.6. The van der Waals surface area contributed by atoms with Crippen molar-refractivity contribution in [3.8, 4) is 0 Å². The van der Waals surface area contributed by atoms with Gasteiger partial charge in [-0.1, -0.05) is 71.6 Å². The summed E-state index contributed by atoms with van der Waals surface area (Å²) in [5.41, 5.74) is 1.74. The van der Waals surface area contributed by atoms with Gasteiger partial charge in [0.25, 0.3) is 0 Å². The number of hydrogen-bond donors (Lipinski definition) is 1. The van der Waals surface area contributed by atoms with Gasteiger partial charge in [0.1, 0.15) is 5.82 Å². The van der Waals surface area contributed by atoms with Crippen LogP contribution in [0.4, 0.5) is 9.52 Å². The Hall–Kier alpha value is -2.25. The molecule has 0 aliphatic carbocycles. The van der Waals surface area contributed by atoms with Gasteiger partial charge >= 0.3 is 0 Å². The largest absolute Gasteiger partial charge is 0.300 e. The van der Waals surface area contributed by atoms with E-state index in [1.165, 1.54) is 29.2 Å². The van der Waals surface area contributed by atoms with Crippen LogP contribution in [-0.2, 0) is 17.0 Å². The zero-order valence-electron chi connectivity index (χ0n) is 13.3. The van der Waals surface area contributed by atoms with E-state index in [1.54, 1.807) is 18.2 Å². The normalized spacial score (nSPS) is 10.6. The number of anilines is 1. The van der Waals surface area contributed by atoms with Gasteiger partial charge in [-0.3, -0.25) is 4.79 Å². The molecule has 128 valence electrons. The third kappa shape index (κ3) is 5.37. The fraction of sp³-hybridized carbons (Fsp3) is 0.167. The Kier molecular flexibility index (Phi) is 6.14. The first-order valence-electron chi connectivity index (χ1n) is 7.74. The average molecular weight is 373 g/mol. The molecule has 3 rings (SSSR count). The van der Waals surface area contributed by atoms with E-state index in [0.29, 0.717) is 33.6 Å². The lowest BCUT2D eigenvalue weighted by Gasteiger charge is -2.01. The Labute approximate surface area is 153 Å². The number of carbonyl (C=O) groups excluding carboxylic acids is 1. The molecule has 0 aliphatic rings. The predicted molar refractivity (Wildman–Crippen MR) is 99.3 cm³/mol. The quantitative estimate of drug-likeness (QED) is 0.488. The van der Waals surface area contributed by atoms with Crippen molar-refractivity contribution < 1.29 is 9.18 Å². The number of halogens is 1. The number of nitrogens with zero attached hydrogens (tertiary/aromatic N) is 2. The maximum absolute atomic E-state index is 13.6. The Morgan fingerprint density at radius 1 is 1.08 bits per heavy atom. The van der Waals surface area contributed by atoms with Gasteiger partial charge < -0.3 is 5.32 Å². The van der Waals surface area contributed by atoms with Crippen LogP contribution < -0.4 is 5.32 Å². The summed E-state index contributed by atoms with van der Waals surface area (Å²) in [6.45, 7) is 0. The number of carbonyl (C=O) groups is 1. The summed E-state index contributed by atoms with van der Waals surface area (Å²) in [4.78, 5) is 12.0. The monoisotopic (exact) mass is 373 g/mol. The van der Waals surface area contributed by atoms with Crippen molar-refractivity contribution in [3.05, 3.63) is 71.5 Å². The van der Waals surface area contributed by atoms with Gasteiger partial charge in [-0.15, -0.1) is 10.2 Å². The highest BCUT2D eigenvalue weighted by Crippen LogP contribution is 2.29. The number of benzene rings is 2. The Morgan fingerprint density at radius 2 is 1.84 bits per heavy atom. The SMILES string of the molecule is O=C(CCc1ccccc1)Nc1nnc(SCc2ccccc2F)s1. The topological polar surface area (TPSA) is 54.9 Å². The minimum atomic E-state index is -0.228. The summed E-state index contributed by atoms with van der Waals surface area (Å²) in [5, 5.41) is 11.2. The molecule has 1 N–H and O–H groups in total. The molecule has 1 heterocycles. The molecule has 0 bridgehead atoms. The van der Waals surface area contributed by atoms with Crippen LogP contribution in [0.25, 0.3) is 0 Å². The van der Waals surface area contributed by atoms with Gasteiger partial charge in [0.15, 0.2) is 4.34 Å². The molecule has 0 fully saturated rings. The first-order chi connectivity index (χ1) is 12.2. The summed E-state index contributed by atoms with van der Waals surface area (Å²) in [6, 6.07) is 16.5. The van der Waals surface area contributed by atoms with Gasteiger partial charge in [0, 0.05) is 12.2 Å². The number of thioether (sulfide) groups is 1. The van der Waals surface area contributed by atoms with E-state index in [2.05, 4.69) is 15.5 Å². The van der Waals surface area contributed by atoms with Gasteiger partial charge in [0.05, 0.1) is 0 Å². The first-order valence-corrected chi connectivity index (χ1v) is 9.54. The Morgan fingerprint density at radius 3 is 2.64 bits per heavy atom. The second-order valence-corrected chi connectivity index (χ2v) is 7.49. The Balaban J connectivity index is 1.48. The van der Waals surface area contributed by atoms with Crippen molar-refractivity contribution >= 4 is 34.1 Å². The van der Waals surface area contributed by atoms with Crippen LogP contribution in [-0.4, -0.2) is 16.1 Å². The lowest BCUT2D eigenvalue weighted by Crippen LogP contribution is -2.12. The van der Waals surface area contributed by atoms with E-state index in [4.69, 9.17) is 0 Å². The minimum absolute atomic E-state index is 0.0920. The first kappa shape index (κ1) is 17.6. The number of hydrogen-bond acceptors (Lipinski definition) is 5. The predicted octanol–water partition coefficient (Wildman–Crippen LogP) is 4.54. The van der Waals surface area contributed by atoms with Crippen LogP contribution >= 0.6 is 23.1 Å². The van der Waals surface area contributed by atoms with Crippen LogP contribution in [0.15, 0.2) is 58.9 Å². The van der Waals surface area contributed by atoms with Gasteiger partial charge in [-0.05, 0) is 23.6 Å². The van der Waals surface area contributed by atoms with E-state index >= 15 is 0 Å². The van der Waals surface area contributed by atoms with Crippen LogP contribution in [0, 0.1) is 5.82 Å². The molecule has 0 atom stereocenters. The third-order valence-electron chi connectivity index (χ3n) is 3.45. The molecule has 7 heteroatoms. The number of rotatable bonds is 7. The lowest BCUT2D eigenvalue weighted by molar-refractivity contribution is -0.116. The molecular weight excluding hydrogens is 357 g/mol. The van der Waals surface area contributed by atoms with Crippen molar-refractivity contribution in [3.63, 3.8) is 0 Å². The van der Waals surface area contributed by atoms with Gasteiger partial charge in [-0.25, -0.2) is 4.39 Å². The van der Waals surface area contributed by atoms with Crippen molar-refractivity contribution in [1.29, 1.82) is 0 Å². The molecule has 1 amide bonds. The minimum Gasteiger partial charge on any atom is -0.300 e. The zero-order chi connectivity index (χ0) is 17.5. The van der Waals surface area contributed by atoms with E-state index in [1.807, 2.05) is 30.3 Å². The van der Waals surface area contributed by atoms with E-state index < -0.39 is 0 Å². The second-order valence-electron chi connectivity index (χ2n) is 5.29. The molecule has 0 spiro atoms. The number of aryl methyl sites for hydroxylation is 1. The molecular formula is C18H16FN3OS2. The summed E-state index contributed by atoms with van der Waals surface area (Å²) < 4.78 is 14.3. The number of nitrogens with one attached hydrogen (secondary N) is 1. The highest BCUT2D eigenvalue weighted by molar-refractivity contribution is 8.00. The second kappa shape index (κ2) is 8.73. The van der Waals surface area contributed by atoms with Crippen LogP contribution in [0.5, 0.6) is 0 Å².